The number of aliphatic carboxylic acids is 1. The molecule has 264 valence electrons. The normalized spacial score (nSPS) is 20.6. The van der Waals surface area contributed by atoms with Crippen molar-refractivity contribution in [2.24, 2.45) is 5.41 Å². The minimum Gasteiger partial charge on any atom is -0.480 e. The summed E-state index contributed by atoms with van der Waals surface area (Å²) >= 11 is 0. The molecule has 5 atom stereocenters. The molecule has 0 heterocycles. The van der Waals surface area contributed by atoms with Crippen LogP contribution in [0.15, 0.2) is 60.7 Å². The maximum absolute atomic E-state index is 12.2. The molecule has 0 saturated carbocycles. The van der Waals surface area contributed by atoms with Gasteiger partial charge in [-0.2, -0.15) is 0 Å². The summed E-state index contributed by atoms with van der Waals surface area (Å²) in [4.78, 5) is 23.5. The Morgan fingerprint density at radius 3 is 1.45 bits per heavy atom. The molecule has 2 aliphatic carbocycles. The van der Waals surface area contributed by atoms with Crippen LogP contribution < -0.4 is 0 Å². The molecule has 0 radical (unpaired) electrons. The third-order valence-electron chi connectivity index (χ3n) is 8.90. The first-order chi connectivity index (χ1) is 21.9. The maximum atomic E-state index is 12.2. The van der Waals surface area contributed by atoms with E-state index >= 15 is 0 Å². The van der Waals surface area contributed by atoms with Crippen molar-refractivity contribution in [1.29, 1.82) is 0 Å². The van der Waals surface area contributed by atoms with Crippen molar-refractivity contribution < 1.29 is 44.6 Å². The van der Waals surface area contributed by atoms with E-state index in [0.29, 0.717) is 38.3 Å². The predicted molar refractivity (Wildman–Crippen MR) is 185 cm³/mol. The summed E-state index contributed by atoms with van der Waals surface area (Å²) in [5.41, 5.74) is 2.45. The number of ether oxygens (including phenoxy) is 2. The topological polar surface area (TPSA) is 154 Å². The molecule has 5 N–H and O–H groups in total. The molecule has 0 fully saturated rings. The van der Waals surface area contributed by atoms with Gasteiger partial charge in [0.1, 0.15) is 11.7 Å². The molecule has 9 nitrogen and oxygen atoms in total. The number of carboxylic acid groups (broad SMARTS) is 1. The Bertz CT molecular complexity index is 1210. The molecule has 47 heavy (non-hydrogen) atoms. The van der Waals surface area contributed by atoms with E-state index in [-0.39, 0.29) is 11.0 Å². The summed E-state index contributed by atoms with van der Waals surface area (Å²) in [6.07, 6.45) is 2.78. The highest BCUT2D eigenvalue weighted by Gasteiger charge is 2.66. The number of aryl methyl sites for hydroxylation is 2. The number of hydrogen-bond donors (Lipinski definition) is 5. The number of carbonyl (C=O) groups is 2. The van der Waals surface area contributed by atoms with E-state index in [1.54, 1.807) is 44.9 Å². The Labute approximate surface area is 281 Å². The summed E-state index contributed by atoms with van der Waals surface area (Å²) in [6.45, 7) is 19.4. The van der Waals surface area contributed by atoms with Crippen LogP contribution in [0.5, 0.6) is 0 Å². The molecule has 0 amide bonds. The second-order valence-corrected chi connectivity index (χ2v) is 13.6. The molecule has 4 rings (SSSR count). The number of rotatable bonds is 11. The van der Waals surface area contributed by atoms with Crippen LogP contribution in [0, 0.1) is 5.41 Å². The van der Waals surface area contributed by atoms with Gasteiger partial charge in [-0.05, 0) is 80.0 Å². The number of aliphatic hydroxyl groups excluding tert-OH is 4. The molecule has 0 aromatic heterocycles. The van der Waals surface area contributed by atoms with Crippen LogP contribution in [0.3, 0.4) is 0 Å². The molecular weight excluding hydrogens is 600 g/mol. The molecule has 9 heteroatoms. The largest absolute Gasteiger partial charge is 0.480 e. The lowest BCUT2D eigenvalue weighted by molar-refractivity contribution is -0.148. The summed E-state index contributed by atoms with van der Waals surface area (Å²) in [5.74, 6) is -1.02. The lowest BCUT2D eigenvalue weighted by Crippen LogP contribution is -2.52. The molecule has 5 unspecified atom stereocenters. The predicted octanol–water partition coefficient (Wildman–Crippen LogP) is 4.79. The van der Waals surface area contributed by atoms with Gasteiger partial charge in [-0.1, -0.05) is 82.8 Å². The van der Waals surface area contributed by atoms with E-state index in [2.05, 4.69) is 30.8 Å². The van der Waals surface area contributed by atoms with Crippen molar-refractivity contribution in [2.45, 2.75) is 110 Å². The maximum Gasteiger partial charge on any atom is 0.319 e. The fourth-order valence-corrected chi connectivity index (χ4v) is 6.01. The summed E-state index contributed by atoms with van der Waals surface area (Å²) in [6, 6.07) is 16.2. The van der Waals surface area contributed by atoms with Crippen molar-refractivity contribution >= 4 is 12.3 Å². The molecule has 2 aromatic rings. The molecule has 0 spiro atoms. The minimum absolute atomic E-state index is 0.105. The summed E-state index contributed by atoms with van der Waals surface area (Å²) in [7, 11) is 0. The van der Waals surface area contributed by atoms with Crippen molar-refractivity contribution in [2.75, 3.05) is 26.4 Å². The van der Waals surface area contributed by atoms with Crippen molar-refractivity contribution in [3.63, 3.8) is 0 Å². The Morgan fingerprint density at radius 1 is 0.745 bits per heavy atom. The van der Waals surface area contributed by atoms with E-state index in [9.17, 15) is 14.7 Å². The monoisotopic (exact) mass is 658 g/mol. The Morgan fingerprint density at radius 2 is 1.11 bits per heavy atom. The molecule has 2 aliphatic rings. The van der Waals surface area contributed by atoms with Crippen LogP contribution in [0.4, 0.5) is 0 Å². The number of fused-ring (bicyclic) bond motifs is 2. The van der Waals surface area contributed by atoms with Crippen LogP contribution in [-0.4, -0.2) is 88.6 Å². The van der Waals surface area contributed by atoms with Crippen LogP contribution in [-0.2, 0) is 42.7 Å². The van der Waals surface area contributed by atoms with E-state index in [0.717, 1.165) is 5.56 Å². The zero-order valence-electron chi connectivity index (χ0n) is 29.5. The highest BCUT2D eigenvalue weighted by Crippen LogP contribution is 2.63. The lowest BCUT2D eigenvalue weighted by atomic mass is 9.55. The standard InChI is InChI=1S/C17H20O3.C9H10.2C6H14O3/c1-11(10-18)17(14(19)20)13-9-7-6-8-12(13)15(2,3)16(17,4)5;1-2-5-9-7-3-6-8(9)4-1;2*1-5(7)3-9-4-6(2)8/h6-10H,1H2,2-5H3,(H,19,20);1-2,4-5H,3,6-7H2;2*5-8H,3-4H2,1-2H3. The Balaban J connectivity index is 0.000000344. The van der Waals surface area contributed by atoms with E-state index in [4.69, 9.17) is 29.9 Å². The third kappa shape index (κ3) is 11.1. The minimum atomic E-state index is -1.38. The van der Waals surface area contributed by atoms with E-state index in [1.165, 1.54) is 19.3 Å². The Hall–Kier alpha value is -2.92. The van der Waals surface area contributed by atoms with Crippen molar-refractivity contribution in [3.05, 3.63) is 82.9 Å². The fourth-order valence-electron chi connectivity index (χ4n) is 6.01. The summed E-state index contributed by atoms with van der Waals surface area (Å²) < 4.78 is 9.71. The van der Waals surface area contributed by atoms with Gasteiger partial charge >= 0.3 is 5.97 Å². The van der Waals surface area contributed by atoms with Gasteiger partial charge in [-0.15, -0.1) is 0 Å². The van der Waals surface area contributed by atoms with Gasteiger partial charge in [-0.25, -0.2) is 0 Å². The van der Waals surface area contributed by atoms with Crippen molar-refractivity contribution in [1.82, 2.24) is 0 Å². The quantitative estimate of drug-likeness (QED) is 0.170. The lowest BCUT2D eigenvalue weighted by Gasteiger charge is -2.45. The van der Waals surface area contributed by atoms with Gasteiger partial charge in [0, 0.05) is 5.57 Å². The first-order valence-corrected chi connectivity index (χ1v) is 16.3. The number of carboxylic acids is 1. The van der Waals surface area contributed by atoms with Crippen LogP contribution in [0.2, 0.25) is 0 Å². The second-order valence-electron chi connectivity index (χ2n) is 13.6. The van der Waals surface area contributed by atoms with Crippen LogP contribution in [0.25, 0.3) is 0 Å². The molecular formula is C38H58O9. The number of aliphatic hydroxyl groups is 4. The SMILES string of the molecule is C=C(C=O)C1(C(=O)O)c2ccccc2C(C)(C)C1(C)C.CC(O)COCC(C)O.CC(O)COCC(C)O.c1ccc2c(c1)CCC2. The summed E-state index contributed by atoms with van der Waals surface area (Å²) in [5, 5.41) is 44.6. The van der Waals surface area contributed by atoms with Gasteiger partial charge in [0.2, 0.25) is 0 Å². The fraction of sp³-hybridized carbons (Fsp3) is 0.579. The van der Waals surface area contributed by atoms with E-state index in [1.807, 2.05) is 45.9 Å². The van der Waals surface area contributed by atoms with Gasteiger partial charge < -0.3 is 35.0 Å². The van der Waals surface area contributed by atoms with Gasteiger partial charge in [0.15, 0.2) is 0 Å². The molecule has 0 saturated heterocycles. The number of hydrogen-bond acceptors (Lipinski definition) is 8. The zero-order valence-corrected chi connectivity index (χ0v) is 29.5. The second kappa shape index (κ2) is 19.2. The molecule has 0 bridgehead atoms. The first kappa shape index (κ1) is 42.1. The average molecular weight is 659 g/mol. The average Bonchev–Trinajstić information content (AvgIpc) is 3.51. The molecule has 0 aliphatic heterocycles. The third-order valence-corrected chi connectivity index (χ3v) is 8.90. The zero-order chi connectivity index (χ0) is 36.0. The van der Waals surface area contributed by atoms with Crippen LogP contribution >= 0.6 is 0 Å². The first-order valence-electron chi connectivity index (χ1n) is 16.3. The van der Waals surface area contributed by atoms with Gasteiger partial charge in [0.05, 0.1) is 50.8 Å². The number of carbonyl (C=O) groups excluding carboxylic acids is 1. The van der Waals surface area contributed by atoms with Crippen molar-refractivity contribution in [3.8, 4) is 0 Å². The Kier molecular flexibility index (Phi) is 17.2. The van der Waals surface area contributed by atoms with Crippen LogP contribution in [0.1, 0.15) is 84.1 Å². The number of benzene rings is 2. The highest BCUT2D eigenvalue weighted by atomic mass is 16.5. The molecule has 2 aromatic carbocycles. The van der Waals surface area contributed by atoms with Gasteiger partial charge in [-0.3, -0.25) is 9.59 Å². The van der Waals surface area contributed by atoms with E-state index < -0.39 is 41.2 Å². The number of aldehydes is 1. The smallest absolute Gasteiger partial charge is 0.319 e. The van der Waals surface area contributed by atoms with Gasteiger partial charge in [0.25, 0.3) is 0 Å². The highest BCUT2D eigenvalue weighted by molar-refractivity contribution is 5.98.